The fourth-order valence-corrected chi connectivity index (χ4v) is 2.18. The summed E-state index contributed by atoms with van der Waals surface area (Å²) in [6, 6.07) is 2.13. The van der Waals surface area contributed by atoms with Crippen molar-refractivity contribution in [1.82, 2.24) is 10.2 Å². The molecule has 0 unspecified atom stereocenters. The van der Waals surface area contributed by atoms with Crippen molar-refractivity contribution < 1.29 is 23.4 Å². The molecule has 1 fully saturated rings. The molecule has 8 heteroatoms. The normalized spacial score (nSPS) is 23.9. The van der Waals surface area contributed by atoms with E-state index in [4.69, 9.17) is 10.2 Å². The molecule has 2 atom stereocenters. The van der Waals surface area contributed by atoms with Crippen LogP contribution >= 0.6 is 0 Å². The van der Waals surface area contributed by atoms with Crippen LogP contribution in [0.4, 0.5) is 19.0 Å². The van der Waals surface area contributed by atoms with Crippen molar-refractivity contribution in [3.8, 4) is 0 Å². The fraction of sp³-hybridized carbons (Fsp3) is 0.636. The zero-order chi connectivity index (χ0) is 14.0. The number of aromatic nitrogens is 2. The van der Waals surface area contributed by atoms with E-state index in [1.165, 1.54) is 6.07 Å². The Kier molecular flexibility index (Phi) is 3.91. The topological polar surface area (TPSA) is 69.5 Å². The lowest BCUT2D eigenvalue weighted by atomic mass is 9.98. The number of halogens is 3. The summed E-state index contributed by atoms with van der Waals surface area (Å²) in [5, 5.41) is 25.0. The van der Waals surface area contributed by atoms with Gasteiger partial charge < -0.3 is 15.1 Å². The molecule has 19 heavy (non-hydrogen) atoms. The Morgan fingerprint density at radius 1 is 1.11 bits per heavy atom. The summed E-state index contributed by atoms with van der Waals surface area (Å²) in [7, 11) is 0. The third kappa shape index (κ3) is 2.95. The number of rotatable bonds is 3. The summed E-state index contributed by atoms with van der Waals surface area (Å²) in [5.41, 5.74) is -1.03. The second-order valence-corrected chi connectivity index (χ2v) is 4.56. The van der Waals surface area contributed by atoms with Crippen molar-refractivity contribution in [2.75, 3.05) is 31.2 Å². The maximum atomic E-state index is 12.3. The van der Waals surface area contributed by atoms with Crippen LogP contribution < -0.4 is 4.90 Å². The number of hydrogen-bond donors (Lipinski definition) is 2. The molecule has 1 aliphatic rings. The molecule has 2 rings (SSSR count). The Bertz CT molecular complexity index is 412. The van der Waals surface area contributed by atoms with Crippen LogP contribution in [0, 0.1) is 11.8 Å². The number of anilines is 1. The predicted octanol–water partition coefficient (Wildman–Crippen LogP) is 0.532. The standard InChI is InChI=1S/C11H14F3N3O2/c12-11(13,14)9-1-2-10(16-15-9)17-3-7(5-18)8(4-17)6-19/h1-2,7-8,18-19H,3-6H2/t7-,8+. The van der Waals surface area contributed by atoms with Gasteiger partial charge in [0.25, 0.3) is 0 Å². The van der Waals surface area contributed by atoms with Gasteiger partial charge in [0.2, 0.25) is 0 Å². The number of nitrogens with zero attached hydrogens (tertiary/aromatic N) is 3. The predicted molar refractivity (Wildman–Crippen MR) is 60.4 cm³/mol. The number of hydrogen-bond acceptors (Lipinski definition) is 5. The molecule has 0 radical (unpaired) electrons. The van der Waals surface area contributed by atoms with Gasteiger partial charge in [-0.3, -0.25) is 0 Å². The van der Waals surface area contributed by atoms with E-state index in [0.717, 1.165) is 6.07 Å². The van der Waals surface area contributed by atoms with Gasteiger partial charge in [-0.15, -0.1) is 10.2 Å². The van der Waals surface area contributed by atoms with Gasteiger partial charge in [-0.25, -0.2) is 0 Å². The molecule has 106 valence electrons. The Morgan fingerprint density at radius 2 is 1.68 bits per heavy atom. The van der Waals surface area contributed by atoms with Crippen molar-refractivity contribution in [3.63, 3.8) is 0 Å². The van der Waals surface area contributed by atoms with Gasteiger partial charge >= 0.3 is 6.18 Å². The highest BCUT2D eigenvalue weighted by molar-refractivity contribution is 5.39. The highest BCUT2D eigenvalue weighted by Gasteiger charge is 2.35. The molecule has 0 amide bonds. The van der Waals surface area contributed by atoms with Gasteiger partial charge in [-0.1, -0.05) is 0 Å². The van der Waals surface area contributed by atoms with Crippen LogP contribution in [0.2, 0.25) is 0 Å². The molecule has 0 bridgehead atoms. The van der Waals surface area contributed by atoms with Gasteiger partial charge in [0, 0.05) is 38.1 Å². The number of aliphatic hydroxyl groups is 2. The Balaban J connectivity index is 2.11. The highest BCUT2D eigenvalue weighted by atomic mass is 19.4. The SMILES string of the molecule is OC[C@@H]1CN(c2ccc(C(F)(F)F)nn2)C[C@@H]1CO. The Morgan fingerprint density at radius 3 is 2.05 bits per heavy atom. The first-order chi connectivity index (χ1) is 8.95. The molecule has 1 saturated heterocycles. The van der Waals surface area contributed by atoms with Crippen molar-refractivity contribution in [1.29, 1.82) is 0 Å². The first-order valence-corrected chi connectivity index (χ1v) is 5.83. The van der Waals surface area contributed by atoms with Crippen LogP contribution in [0.25, 0.3) is 0 Å². The van der Waals surface area contributed by atoms with Crippen molar-refractivity contribution >= 4 is 5.82 Å². The van der Waals surface area contributed by atoms with Crippen LogP contribution in [-0.4, -0.2) is 46.7 Å². The maximum Gasteiger partial charge on any atom is 0.435 e. The van der Waals surface area contributed by atoms with Gasteiger partial charge in [-0.05, 0) is 12.1 Å². The van der Waals surface area contributed by atoms with E-state index in [-0.39, 0.29) is 25.0 Å². The van der Waals surface area contributed by atoms with Gasteiger partial charge in [-0.2, -0.15) is 13.2 Å². The van der Waals surface area contributed by atoms with Crippen LogP contribution in [0.15, 0.2) is 12.1 Å². The van der Waals surface area contributed by atoms with E-state index in [9.17, 15) is 13.2 Å². The molecule has 0 spiro atoms. The number of aliphatic hydroxyl groups excluding tert-OH is 2. The summed E-state index contributed by atoms with van der Waals surface area (Å²) >= 11 is 0. The first-order valence-electron chi connectivity index (χ1n) is 5.83. The molecule has 0 aromatic carbocycles. The third-order valence-corrected chi connectivity index (χ3v) is 3.31. The summed E-state index contributed by atoms with van der Waals surface area (Å²) in [6.45, 7) is 0.745. The van der Waals surface area contributed by atoms with Gasteiger partial charge in [0.1, 0.15) is 0 Å². The monoisotopic (exact) mass is 277 g/mol. The van der Waals surface area contributed by atoms with E-state index in [1.54, 1.807) is 4.90 Å². The Hall–Kier alpha value is -1.41. The summed E-state index contributed by atoms with van der Waals surface area (Å²) in [5.74, 6) is 0.116. The fourth-order valence-electron chi connectivity index (χ4n) is 2.18. The second kappa shape index (κ2) is 5.30. The summed E-state index contributed by atoms with van der Waals surface area (Å²) in [4.78, 5) is 1.72. The molecular formula is C11H14F3N3O2. The van der Waals surface area contributed by atoms with E-state index < -0.39 is 11.9 Å². The van der Waals surface area contributed by atoms with Crippen LogP contribution in [-0.2, 0) is 6.18 Å². The first kappa shape index (κ1) is 14.0. The van der Waals surface area contributed by atoms with E-state index in [1.807, 2.05) is 0 Å². The zero-order valence-corrected chi connectivity index (χ0v) is 10.0. The van der Waals surface area contributed by atoms with Crippen molar-refractivity contribution in [2.45, 2.75) is 6.18 Å². The largest absolute Gasteiger partial charge is 0.435 e. The molecule has 1 aliphatic heterocycles. The van der Waals surface area contributed by atoms with Gasteiger partial charge in [0.15, 0.2) is 11.5 Å². The minimum Gasteiger partial charge on any atom is -0.396 e. The average Bonchev–Trinajstić information content (AvgIpc) is 2.81. The lowest BCUT2D eigenvalue weighted by molar-refractivity contribution is -0.141. The van der Waals surface area contributed by atoms with Crippen molar-refractivity contribution in [3.05, 3.63) is 17.8 Å². The maximum absolute atomic E-state index is 12.3. The van der Waals surface area contributed by atoms with E-state index in [0.29, 0.717) is 18.9 Å². The van der Waals surface area contributed by atoms with E-state index >= 15 is 0 Å². The minimum absolute atomic E-state index is 0.0736. The van der Waals surface area contributed by atoms with Crippen LogP contribution in [0.3, 0.4) is 0 Å². The number of alkyl halides is 3. The molecule has 1 aromatic heterocycles. The Labute approximate surface area is 107 Å². The van der Waals surface area contributed by atoms with Crippen molar-refractivity contribution in [2.24, 2.45) is 11.8 Å². The van der Waals surface area contributed by atoms with Crippen LogP contribution in [0.5, 0.6) is 0 Å². The van der Waals surface area contributed by atoms with Gasteiger partial charge in [0.05, 0.1) is 0 Å². The zero-order valence-electron chi connectivity index (χ0n) is 10.0. The minimum atomic E-state index is -4.50. The summed E-state index contributed by atoms with van der Waals surface area (Å²) < 4.78 is 37.0. The molecular weight excluding hydrogens is 263 g/mol. The third-order valence-electron chi connectivity index (χ3n) is 3.31. The summed E-state index contributed by atoms with van der Waals surface area (Å²) in [6.07, 6.45) is -4.50. The smallest absolute Gasteiger partial charge is 0.396 e. The lowest BCUT2D eigenvalue weighted by Gasteiger charge is -2.16. The molecule has 5 nitrogen and oxygen atoms in total. The molecule has 1 aromatic rings. The second-order valence-electron chi connectivity index (χ2n) is 4.56. The van der Waals surface area contributed by atoms with Crippen LogP contribution in [0.1, 0.15) is 5.69 Å². The quantitative estimate of drug-likeness (QED) is 0.843. The average molecular weight is 277 g/mol. The molecule has 0 aliphatic carbocycles. The lowest BCUT2D eigenvalue weighted by Crippen LogP contribution is -2.23. The van der Waals surface area contributed by atoms with E-state index in [2.05, 4.69) is 10.2 Å². The molecule has 2 N–H and O–H groups in total. The molecule has 0 saturated carbocycles. The highest BCUT2D eigenvalue weighted by Crippen LogP contribution is 2.29. The molecule has 2 heterocycles.